The van der Waals surface area contributed by atoms with Crippen LogP contribution >= 0.6 is 11.3 Å². The maximum absolute atomic E-state index is 12.9. The van der Waals surface area contributed by atoms with Crippen molar-refractivity contribution in [3.05, 3.63) is 46.2 Å². The molecule has 7 heteroatoms. The molecular weight excluding hydrogens is 295 g/mol. The van der Waals surface area contributed by atoms with Crippen LogP contribution in [0.25, 0.3) is 0 Å². The lowest BCUT2D eigenvalue weighted by molar-refractivity contribution is -0.115. The van der Waals surface area contributed by atoms with Gasteiger partial charge in [-0.2, -0.15) is 0 Å². The Labute approximate surface area is 124 Å². The highest BCUT2D eigenvalue weighted by molar-refractivity contribution is 7.17. The van der Waals surface area contributed by atoms with Gasteiger partial charge in [-0.05, 0) is 17.7 Å². The Hall–Kier alpha value is -2.28. The van der Waals surface area contributed by atoms with Crippen molar-refractivity contribution in [1.29, 1.82) is 0 Å². The normalized spacial score (nSPS) is 10.4. The van der Waals surface area contributed by atoms with E-state index in [0.717, 1.165) is 16.9 Å². The minimum atomic E-state index is -1.10. The van der Waals surface area contributed by atoms with Crippen LogP contribution in [0.4, 0.5) is 9.52 Å². The number of anilines is 1. The van der Waals surface area contributed by atoms with E-state index in [1.54, 1.807) is 19.1 Å². The van der Waals surface area contributed by atoms with Crippen molar-refractivity contribution in [2.75, 3.05) is 5.32 Å². The number of benzene rings is 1. The minimum absolute atomic E-state index is 0.0747. The van der Waals surface area contributed by atoms with Crippen LogP contribution in [0.15, 0.2) is 24.3 Å². The summed E-state index contributed by atoms with van der Waals surface area (Å²) in [5.41, 5.74) is 1.10. The summed E-state index contributed by atoms with van der Waals surface area (Å²) in [6.45, 7) is 1.69. The molecule has 2 aromatic rings. The molecule has 0 atom stereocenters. The molecule has 1 amide bonds. The number of halogens is 1. The summed E-state index contributed by atoms with van der Waals surface area (Å²) in [7, 11) is 0. The average molecular weight is 308 g/mol. The second-order valence-electron chi connectivity index (χ2n) is 4.30. The molecule has 0 saturated carbocycles. The number of hydrogen-bond donors (Lipinski definition) is 2. The van der Waals surface area contributed by atoms with Crippen LogP contribution in [0.1, 0.15) is 34.3 Å². The van der Waals surface area contributed by atoms with Gasteiger partial charge < -0.3 is 10.4 Å². The number of carbonyl (C=O) groups is 2. The molecule has 0 saturated heterocycles. The van der Waals surface area contributed by atoms with Crippen molar-refractivity contribution >= 4 is 28.3 Å². The van der Waals surface area contributed by atoms with Crippen LogP contribution < -0.4 is 5.32 Å². The van der Waals surface area contributed by atoms with E-state index in [-0.39, 0.29) is 34.6 Å². The molecule has 5 nitrogen and oxygen atoms in total. The fraction of sp³-hybridized carbons (Fsp3) is 0.214. The van der Waals surface area contributed by atoms with Crippen molar-refractivity contribution in [3.63, 3.8) is 0 Å². The van der Waals surface area contributed by atoms with E-state index >= 15 is 0 Å². The molecule has 1 aromatic carbocycles. The van der Waals surface area contributed by atoms with E-state index in [0.29, 0.717) is 5.69 Å². The minimum Gasteiger partial charge on any atom is -0.477 e. The van der Waals surface area contributed by atoms with Crippen LogP contribution in [0.2, 0.25) is 0 Å². The Kier molecular flexibility index (Phi) is 4.64. The monoisotopic (exact) mass is 308 g/mol. The standard InChI is InChI=1S/C14H13FN2O3S/c1-2-11(18)17-14-16-10(12(21-14)13(19)20)7-8-3-5-9(15)6-4-8/h3-6H,2,7H2,1H3,(H,19,20)(H,16,17,18). The third-order valence-corrected chi connectivity index (χ3v) is 3.74. The number of hydrogen-bond acceptors (Lipinski definition) is 4. The van der Waals surface area contributed by atoms with Gasteiger partial charge in [0.1, 0.15) is 10.7 Å². The summed E-state index contributed by atoms with van der Waals surface area (Å²) >= 11 is 0.917. The molecule has 0 radical (unpaired) electrons. The zero-order chi connectivity index (χ0) is 15.4. The lowest BCUT2D eigenvalue weighted by Crippen LogP contribution is -2.09. The predicted octanol–water partition coefficient (Wildman–Crippen LogP) is 2.92. The number of aromatic nitrogens is 1. The number of carbonyl (C=O) groups excluding carboxylic acids is 1. The van der Waals surface area contributed by atoms with Gasteiger partial charge in [-0.25, -0.2) is 14.2 Å². The van der Waals surface area contributed by atoms with Crippen molar-refractivity contribution in [2.24, 2.45) is 0 Å². The highest BCUT2D eigenvalue weighted by Crippen LogP contribution is 2.25. The number of amides is 1. The van der Waals surface area contributed by atoms with Crippen LogP contribution in [0.3, 0.4) is 0 Å². The smallest absolute Gasteiger partial charge is 0.347 e. The first kappa shape index (κ1) is 15.1. The fourth-order valence-electron chi connectivity index (χ4n) is 1.70. The van der Waals surface area contributed by atoms with E-state index in [2.05, 4.69) is 10.3 Å². The lowest BCUT2D eigenvalue weighted by Gasteiger charge is -2.00. The Bertz CT molecular complexity index is 667. The van der Waals surface area contributed by atoms with E-state index in [9.17, 15) is 19.1 Å². The molecule has 0 spiro atoms. The number of nitrogens with zero attached hydrogens (tertiary/aromatic N) is 1. The fourth-order valence-corrected chi connectivity index (χ4v) is 2.53. The van der Waals surface area contributed by atoms with Gasteiger partial charge in [0.05, 0.1) is 5.69 Å². The van der Waals surface area contributed by atoms with Gasteiger partial charge in [0.2, 0.25) is 5.91 Å². The van der Waals surface area contributed by atoms with Gasteiger partial charge in [-0.1, -0.05) is 30.4 Å². The van der Waals surface area contributed by atoms with Gasteiger partial charge in [-0.15, -0.1) is 0 Å². The average Bonchev–Trinajstić information content (AvgIpc) is 2.84. The number of carboxylic acid groups (broad SMARTS) is 1. The third kappa shape index (κ3) is 3.85. The highest BCUT2D eigenvalue weighted by Gasteiger charge is 2.18. The molecule has 110 valence electrons. The third-order valence-electron chi connectivity index (χ3n) is 2.74. The summed E-state index contributed by atoms with van der Waals surface area (Å²) in [4.78, 5) is 26.8. The van der Waals surface area contributed by atoms with Crippen LogP contribution in [0.5, 0.6) is 0 Å². The number of rotatable bonds is 5. The Morgan fingerprint density at radius 2 is 2.00 bits per heavy atom. The SMILES string of the molecule is CCC(=O)Nc1nc(Cc2ccc(F)cc2)c(C(=O)O)s1. The van der Waals surface area contributed by atoms with Gasteiger partial charge in [-0.3, -0.25) is 4.79 Å². The van der Waals surface area contributed by atoms with Crippen LogP contribution in [-0.2, 0) is 11.2 Å². The second-order valence-corrected chi connectivity index (χ2v) is 5.30. The first-order chi connectivity index (χ1) is 9.99. The van der Waals surface area contributed by atoms with E-state index in [1.807, 2.05) is 0 Å². The molecule has 1 aromatic heterocycles. The molecule has 2 rings (SSSR count). The summed E-state index contributed by atoms with van der Waals surface area (Å²) in [6, 6.07) is 5.76. The summed E-state index contributed by atoms with van der Waals surface area (Å²) in [5.74, 6) is -1.68. The molecule has 0 aliphatic rings. The second kappa shape index (κ2) is 6.45. The number of carboxylic acids is 1. The molecule has 2 N–H and O–H groups in total. The zero-order valence-corrected chi connectivity index (χ0v) is 12.0. The van der Waals surface area contributed by atoms with Gasteiger partial charge >= 0.3 is 5.97 Å². The van der Waals surface area contributed by atoms with E-state index in [4.69, 9.17) is 0 Å². The Balaban J connectivity index is 2.26. The largest absolute Gasteiger partial charge is 0.477 e. The molecule has 21 heavy (non-hydrogen) atoms. The Morgan fingerprint density at radius 3 is 2.57 bits per heavy atom. The molecule has 0 aliphatic carbocycles. The molecule has 0 bridgehead atoms. The van der Waals surface area contributed by atoms with Crippen molar-refractivity contribution in [1.82, 2.24) is 4.98 Å². The molecule has 1 heterocycles. The zero-order valence-electron chi connectivity index (χ0n) is 11.2. The predicted molar refractivity (Wildman–Crippen MR) is 77.2 cm³/mol. The van der Waals surface area contributed by atoms with Crippen molar-refractivity contribution in [3.8, 4) is 0 Å². The number of thiazole rings is 1. The number of nitrogens with one attached hydrogen (secondary N) is 1. The maximum atomic E-state index is 12.9. The van der Waals surface area contributed by atoms with Crippen molar-refractivity contribution in [2.45, 2.75) is 19.8 Å². The summed E-state index contributed by atoms with van der Waals surface area (Å²) < 4.78 is 12.9. The highest BCUT2D eigenvalue weighted by atomic mass is 32.1. The molecule has 0 unspecified atom stereocenters. The van der Waals surface area contributed by atoms with Gasteiger partial charge in [0.15, 0.2) is 5.13 Å². The Morgan fingerprint density at radius 1 is 1.33 bits per heavy atom. The molecule has 0 aliphatic heterocycles. The summed E-state index contributed by atoms with van der Waals surface area (Å²) in [6.07, 6.45) is 0.551. The van der Waals surface area contributed by atoms with Crippen molar-refractivity contribution < 1.29 is 19.1 Å². The molecular formula is C14H13FN2O3S. The van der Waals surface area contributed by atoms with Crippen LogP contribution in [0, 0.1) is 5.82 Å². The maximum Gasteiger partial charge on any atom is 0.347 e. The first-order valence-corrected chi connectivity index (χ1v) is 7.08. The summed E-state index contributed by atoms with van der Waals surface area (Å²) in [5, 5.41) is 12.0. The first-order valence-electron chi connectivity index (χ1n) is 6.27. The lowest BCUT2D eigenvalue weighted by atomic mass is 10.1. The topological polar surface area (TPSA) is 79.3 Å². The quantitative estimate of drug-likeness (QED) is 0.890. The van der Waals surface area contributed by atoms with E-state index < -0.39 is 5.97 Å². The van der Waals surface area contributed by atoms with E-state index in [1.165, 1.54) is 12.1 Å². The number of aromatic carboxylic acids is 1. The van der Waals surface area contributed by atoms with Gasteiger partial charge in [0, 0.05) is 12.8 Å². The molecule has 0 fully saturated rings. The van der Waals surface area contributed by atoms with Gasteiger partial charge in [0.25, 0.3) is 0 Å². The van der Waals surface area contributed by atoms with Crippen LogP contribution in [-0.4, -0.2) is 22.0 Å².